The molecule has 0 aliphatic heterocycles. The number of aryl methyl sites for hydroxylation is 1. The Labute approximate surface area is 187 Å². The predicted molar refractivity (Wildman–Crippen MR) is 119 cm³/mol. The van der Waals surface area contributed by atoms with Crippen molar-refractivity contribution in [3.63, 3.8) is 0 Å². The predicted octanol–water partition coefficient (Wildman–Crippen LogP) is 4.25. The van der Waals surface area contributed by atoms with E-state index in [2.05, 4.69) is 4.57 Å². The Kier molecular flexibility index (Phi) is 9.15. The highest BCUT2D eigenvalue weighted by atomic mass is 35.5. The Morgan fingerprint density at radius 3 is 2.48 bits per heavy atom. The highest BCUT2D eigenvalue weighted by molar-refractivity contribution is 6.32. The lowest BCUT2D eigenvalue weighted by atomic mass is 10.1. The fraction of sp³-hybridized carbons (Fsp3) is 0.391. The number of Topliss-reactive ketones (excluding diaryl/α,β-unsaturated/α-hetero) is 1. The molecule has 2 rings (SSSR count). The van der Waals surface area contributed by atoms with E-state index in [0.717, 1.165) is 24.4 Å². The molecule has 1 heterocycles. The Balaban J connectivity index is 1.99. The SMILES string of the molecule is COCCCn1c(C)cc(C(=O)COC(=O)/C=C/c2cc(Cl)c(OC)c(OC)c2)c1C. The molecule has 168 valence electrons. The summed E-state index contributed by atoms with van der Waals surface area (Å²) >= 11 is 6.16. The van der Waals surface area contributed by atoms with Crippen LogP contribution in [0.3, 0.4) is 0 Å². The number of ether oxygens (including phenoxy) is 4. The molecule has 0 N–H and O–H groups in total. The van der Waals surface area contributed by atoms with Gasteiger partial charge in [-0.1, -0.05) is 11.6 Å². The summed E-state index contributed by atoms with van der Waals surface area (Å²) in [6.45, 7) is 4.90. The van der Waals surface area contributed by atoms with Gasteiger partial charge in [-0.05, 0) is 50.1 Å². The molecule has 0 fully saturated rings. The van der Waals surface area contributed by atoms with Gasteiger partial charge in [-0.25, -0.2) is 4.79 Å². The number of benzene rings is 1. The van der Waals surface area contributed by atoms with Crippen molar-refractivity contribution in [3.8, 4) is 11.5 Å². The third-order valence-electron chi connectivity index (χ3n) is 4.82. The van der Waals surface area contributed by atoms with Crippen LogP contribution in [0.2, 0.25) is 5.02 Å². The Hall–Kier alpha value is -2.77. The third-order valence-corrected chi connectivity index (χ3v) is 5.10. The molecule has 0 aliphatic rings. The molecule has 31 heavy (non-hydrogen) atoms. The van der Waals surface area contributed by atoms with E-state index in [-0.39, 0.29) is 12.4 Å². The number of carbonyl (C=O) groups excluding carboxylic acids is 2. The van der Waals surface area contributed by atoms with Crippen molar-refractivity contribution in [1.82, 2.24) is 4.57 Å². The van der Waals surface area contributed by atoms with E-state index in [4.69, 9.17) is 30.5 Å². The average Bonchev–Trinajstić information content (AvgIpc) is 3.04. The van der Waals surface area contributed by atoms with E-state index in [1.807, 2.05) is 19.9 Å². The van der Waals surface area contributed by atoms with Gasteiger partial charge < -0.3 is 23.5 Å². The van der Waals surface area contributed by atoms with Crippen LogP contribution in [0.5, 0.6) is 11.5 Å². The van der Waals surface area contributed by atoms with Crippen molar-refractivity contribution >= 4 is 29.4 Å². The van der Waals surface area contributed by atoms with Gasteiger partial charge in [0.05, 0.1) is 19.2 Å². The molecule has 8 heteroatoms. The van der Waals surface area contributed by atoms with Crippen molar-refractivity contribution in [2.75, 3.05) is 34.5 Å². The number of ketones is 1. The number of nitrogens with zero attached hydrogens (tertiary/aromatic N) is 1. The van der Waals surface area contributed by atoms with Gasteiger partial charge >= 0.3 is 5.97 Å². The second-order valence-corrected chi connectivity index (χ2v) is 7.29. The summed E-state index contributed by atoms with van der Waals surface area (Å²) in [6.07, 6.45) is 3.61. The Morgan fingerprint density at radius 1 is 1.10 bits per heavy atom. The summed E-state index contributed by atoms with van der Waals surface area (Å²) in [5.74, 6) is -0.0245. The maximum Gasteiger partial charge on any atom is 0.331 e. The zero-order valence-electron chi connectivity index (χ0n) is 18.5. The Bertz CT molecular complexity index is 963. The number of hydrogen-bond acceptors (Lipinski definition) is 6. The molecular formula is C23H28ClNO6. The number of methoxy groups -OCH3 is 3. The van der Waals surface area contributed by atoms with Crippen LogP contribution < -0.4 is 9.47 Å². The summed E-state index contributed by atoms with van der Waals surface area (Å²) in [4.78, 5) is 24.6. The molecule has 0 spiro atoms. The zero-order valence-corrected chi connectivity index (χ0v) is 19.2. The first-order valence-corrected chi connectivity index (χ1v) is 10.1. The van der Waals surface area contributed by atoms with Crippen molar-refractivity contribution in [2.24, 2.45) is 0 Å². The van der Waals surface area contributed by atoms with Crippen molar-refractivity contribution in [2.45, 2.75) is 26.8 Å². The van der Waals surface area contributed by atoms with Gasteiger partial charge in [-0.2, -0.15) is 0 Å². The third kappa shape index (κ3) is 6.35. The van der Waals surface area contributed by atoms with Crippen LogP contribution in [0.4, 0.5) is 0 Å². The van der Waals surface area contributed by atoms with Gasteiger partial charge in [0.15, 0.2) is 18.1 Å². The van der Waals surface area contributed by atoms with Crippen molar-refractivity contribution in [1.29, 1.82) is 0 Å². The van der Waals surface area contributed by atoms with E-state index >= 15 is 0 Å². The topological polar surface area (TPSA) is 76.0 Å². The minimum absolute atomic E-state index is 0.248. The highest BCUT2D eigenvalue weighted by Gasteiger charge is 2.17. The molecule has 2 aromatic rings. The Morgan fingerprint density at radius 2 is 1.84 bits per heavy atom. The second-order valence-electron chi connectivity index (χ2n) is 6.89. The largest absolute Gasteiger partial charge is 0.493 e. The normalized spacial score (nSPS) is 11.0. The summed E-state index contributed by atoms with van der Waals surface area (Å²) in [7, 11) is 4.65. The van der Waals surface area contributed by atoms with Gasteiger partial charge in [-0.15, -0.1) is 0 Å². The number of hydrogen-bond donors (Lipinski definition) is 0. The molecule has 7 nitrogen and oxygen atoms in total. The lowest BCUT2D eigenvalue weighted by molar-refractivity contribution is -0.136. The molecule has 0 aliphatic carbocycles. The van der Waals surface area contributed by atoms with Crippen LogP contribution in [0, 0.1) is 13.8 Å². The number of aromatic nitrogens is 1. The van der Waals surface area contributed by atoms with Gasteiger partial charge in [0.1, 0.15) is 0 Å². The molecule has 0 radical (unpaired) electrons. The van der Waals surface area contributed by atoms with Gasteiger partial charge in [-0.3, -0.25) is 4.79 Å². The van der Waals surface area contributed by atoms with Crippen LogP contribution in [-0.2, 0) is 20.8 Å². The molecular weight excluding hydrogens is 422 g/mol. The van der Waals surface area contributed by atoms with Crippen LogP contribution in [0.1, 0.15) is 33.7 Å². The molecule has 0 bridgehead atoms. The molecule has 1 aromatic heterocycles. The van der Waals surface area contributed by atoms with E-state index in [1.54, 1.807) is 19.2 Å². The standard InChI is InChI=1S/C23H28ClNO6/c1-15-11-18(16(2)25(15)9-6-10-28-3)20(26)14-31-22(27)8-7-17-12-19(24)23(30-5)21(13-17)29-4/h7-8,11-13H,6,9-10,14H2,1-5H3/b8-7+. The van der Waals surface area contributed by atoms with Gasteiger partial charge in [0.25, 0.3) is 0 Å². The van der Waals surface area contributed by atoms with Crippen molar-refractivity contribution < 1.29 is 28.5 Å². The first-order valence-electron chi connectivity index (χ1n) is 9.77. The van der Waals surface area contributed by atoms with Gasteiger partial charge in [0.2, 0.25) is 5.78 Å². The second kappa shape index (κ2) is 11.6. The molecule has 0 saturated heterocycles. The zero-order chi connectivity index (χ0) is 23.0. The summed E-state index contributed by atoms with van der Waals surface area (Å²) in [5.41, 5.74) is 3.02. The lowest BCUT2D eigenvalue weighted by Crippen LogP contribution is -2.14. The van der Waals surface area contributed by atoms with Crippen LogP contribution in [0.25, 0.3) is 6.08 Å². The lowest BCUT2D eigenvalue weighted by Gasteiger charge is -2.10. The first-order chi connectivity index (χ1) is 14.8. The average molecular weight is 450 g/mol. The molecule has 0 atom stereocenters. The van der Waals surface area contributed by atoms with E-state index in [1.165, 1.54) is 26.4 Å². The van der Waals surface area contributed by atoms with Crippen LogP contribution in [-0.4, -0.2) is 50.9 Å². The summed E-state index contributed by atoms with van der Waals surface area (Å²) in [5, 5.41) is 0.353. The van der Waals surface area contributed by atoms with Crippen molar-refractivity contribution in [3.05, 3.63) is 51.8 Å². The number of rotatable bonds is 11. The fourth-order valence-corrected chi connectivity index (χ4v) is 3.55. The molecule has 1 aromatic carbocycles. The maximum absolute atomic E-state index is 12.6. The van der Waals surface area contributed by atoms with E-state index in [0.29, 0.717) is 34.3 Å². The molecule has 0 saturated carbocycles. The van der Waals surface area contributed by atoms with Gasteiger partial charge in [0, 0.05) is 43.3 Å². The maximum atomic E-state index is 12.6. The molecule has 0 amide bonds. The fourth-order valence-electron chi connectivity index (χ4n) is 3.26. The smallest absolute Gasteiger partial charge is 0.331 e. The highest BCUT2D eigenvalue weighted by Crippen LogP contribution is 2.36. The quantitative estimate of drug-likeness (QED) is 0.221. The minimum Gasteiger partial charge on any atom is -0.493 e. The molecule has 0 unspecified atom stereocenters. The monoisotopic (exact) mass is 449 g/mol. The number of carbonyl (C=O) groups is 2. The number of esters is 1. The number of halogens is 1. The van der Waals surface area contributed by atoms with Crippen LogP contribution >= 0.6 is 11.6 Å². The first kappa shape index (κ1) is 24.5. The summed E-state index contributed by atoms with van der Waals surface area (Å²) < 4.78 is 22.7. The summed E-state index contributed by atoms with van der Waals surface area (Å²) in [6, 6.07) is 5.13. The van der Waals surface area contributed by atoms with E-state index < -0.39 is 5.97 Å². The minimum atomic E-state index is -0.631. The van der Waals surface area contributed by atoms with E-state index in [9.17, 15) is 9.59 Å². The van der Waals surface area contributed by atoms with Crippen LogP contribution in [0.15, 0.2) is 24.3 Å².